The molecule has 0 radical (unpaired) electrons. The molecule has 1 amide bonds. The summed E-state index contributed by atoms with van der Waals surface area (Å²) in [4.78, 5) is 24.7. The minimum atomic E-state index is -4.80. The maximum atomic E-state index is 13.6. The molecule has 0 bridgehead atoms. The minimum Gasteiger partial charge on any atom is -0.497 e. The van der Waals surface area contributed by atoms with Gasteiger partial charge in [0.15, 0.2) is 0 Å². The van der Waals surface area contributed by atoms with Gasteiger partial charge < -0.3 is 14.0 Å². The first-order valence-corrected chi connectivity index (χ1v) is 8.96. The minimum absolute atomic E-state index is 0.0243. The first kappa shape index (κ1) is 23.0. The second kappa shape index (κ2) is 9.47. The van der Waals surface area contributed by atoms with Crippen LogP contribution in [0.2, 0.25) is 0 Å². The van der Waals surface area contributed by atoms with Gasteiger partial charge in [-0.3, -0.25) is 9.59 Å². The zero-order valence-corrected chi connectivity index (χ0v) is 16.8. The lowest BCUT2D eigenvalue weighted by Gasteiger charge is -2.18. The number of carbonyl (C=O) groups excluding carboxylic acids is 2. The number of hydrogen-bond donors (Lipinski definition) is 0. The first-order valence-electron chi connectivity index (χ1n) is 8.96. The molecule has 0 aliphatic heterocycles. The van der Waals surface area contributed by atoms with E-state index in [1.807, 2.05) is 0 Å². The normalized spacial score (nSPS) is 11.1. The van der Waals surface area contributed by atoms with Crippen molar-refractivity contribution in [2.75, 3.05) is 13.7 Å². The van der Waals surface area contributed by atoms with Gasteiger partial charge in [0, 0.05) is 18.6 Å². The van der Waals surface area contributed by atoms with Crippen LogP contribution in [0.4, 0.5) is 13.2 Å². The van der Waals surface area contributed by atoms with E-state index in [1.165, 1.54) is 14.0 Å². The largest absolute Gasteiger partial charge is 0.497 e. The van der Waals surface area contributed by atoms with Crippen molar-refractivity contribution in [1.82, 2.24) is 9.58 Å². The van der Waals surface area contributed by atoms with Gasteiger partial charge in [-0.2, -0.15) is 18.3 Å². The molecule has 2 rings (SSSR count). The highest BCUT2D eigenvalue weighted by Crippen LogP contribution is 2.35. The number of halogens is 3. The molecule has 0 spiro atoms. The van der Waals surface area contributed by atoms with Gasteiger partial charge in [0.05, 0.1) is 31.4 Å². The Morgan fingerprint density at radius 3 is 2.37 bits per heavy atom. The topological polar surface area (TPSA) is 73.1 Å². The van der Waals surface area contributed by atoms with Crippen molar-refractivity contribution >= 4 is 18.6 Å². The van der Waals surface area contributed by atoms with Crippen LogP contribution < -0.4 is 4.74 Å². The molecule has 162 valence electrons. The lowest BCUT2D eigenvalue weighted by Crippen LogP contribution is -2.27. The Hall–Kier alpha value is -3.30. The summed E-state index contributed by atoms with van der Waals surface area (Å²) in [5.41, 5.74) is -1.15. The molecule has 1 heterocycles. The van der Waals surface area contributed by atoms with Crippen LogP contribution in [-0.2, 0) is 28.8 Å². The smallest absolute Gasteiger partial charge is 0.418 e. The summed E-state index contributed by atoms with van der Waals surface area (Å²) in [6.07, 6.45) is -4.07. The van der Waals surface area contributed by atoms with Crippen molar-refractivity contribution in [2.45, 2.75) is 33.1 Å². The summed E-state index contributed by atoms with van der Waals surface area (Å²) in [7, 11) is 1.50. The van der Waals surface area contributed by atoms with Crippen LogP contribution in [0.3, 0.4) is 0 Å². The molecule has 10 heteroatoms. The van der Waals surface area contributed by atoms with Crippen LogP contribution in [-0.4, -0.2) is 41.9 Å². The van der Waals surface area contributed by atoms with E-state index < -0.39 is 35.7 Å². The van der Waals surface area contributed by atoms with Crippen LogP contribution in [0, 0.1) is 6.92 Å². The average Bonchev–Trinajstić information content (AvgIpc) is 3.02. The quantitative estimate of drug-likeness (QED) is 0.368. The average molecular weight is 425 g/mol. The molecule has 0 aliphatic rings. The van der Waals surface area contributed by atoms with E-state index in [-0.39, 0.29) is 18.8 Å². The molecule has 0 saturated heterocycles. The summed E-state index contributed by atoms with van der Waals surface area (Å²) in [5, 5.41) is 4.44. The van der Waals surface area contributed by atoms with E-state index >= 15 is 0 Å². The standard InChI is InChI=1S/C20H22F3N3O4/c1-5-30-17(27)12-25-11-16(20(21,22)23)18(13(25)2)19(28)26(24-3)10-14-6-8-15(29-4)9-7-14/h6-9,11H,3,5,10,12H2,1-2,4H3. The fourth-order valence-corrected chi connectivity index (χ4v) is 2.87. The lowest BCUT2D eigenvalue weighted by atomic mass is 10.1. The molecule has 2 aromatic rings. The molecule has 30 heavy (non-hydrogen) atoms. The second-order valence-corrected chi connectivity index (χ2v) is 6.29. The van der Waals surface area contributed by atoms with Crippen LogP contribution in [0.5, 0.6) is 5.75 Å². The van der Waals surface area contributed by atoms with E-state index in [4.69, 9.17) is 9.47 Å². The number of methoxy groups -OCH3 is 1. The van der Waals surface area contributed by atoms with E-state index in [0.29, 0.717) is 11.3 Å². The summed E-state index contributed by atoms with van der Waals surface area (Å²) in [5.74, 6) is -1.09. The van der Waals surface area contributed by atoms with E-state index in [9.17, 15) is 22.8 Å². The van der Waals surface area contributed by atoms with Gasteiger partial charge in [-0.25, -0.2) is 5.01 Å². The summed E-state index contributed by atoms with van der Waals surface area (Å²) < 4.78 is 51.7. The number of esters is 1. The third-order valence-corrected chi connectivity index (χ3v) is 4.37. The Balaban J connectivity index is 2.40. The van der Waals surface area contributed by atoms with Crippen LogP contribution in [0.1, 0.15) is 34.1 Å². The number of alkyl halides is 3. The number of hydrogen-bond acceptors (Lipinski definition) is 5. The number of benzene rings is 1. The molecule has 0 unspecified atom stereocenters. The van der Waals surface area contributed by atoms with Crippen molar-refractivity contribution < 1.29 is 32.2 Å². The number of hydrazone groups is 1. The molecule has 1 aromatic carbocycles. The summed E-state index contributed by atoms with van der Waals surface area (Å²) in [6, 6.07) is 6.63. The number of ether oxygens (including phenoxy) is 2. The van der Waals surface area contributed by atoms with Gasteiger partial charge in [-0.15, -0.1) is 0 Å². The van der Waals surface area contributed by atoms with Crippen LogP contribution in [0.15, 0.2) is 35.6 Å². The molecule has 0 fully saturated rings. The molecule has 7 nitrogen and oxygen atoms in total. The predicted molar refractivity (Wildman–Crippen MR) is 103 cm³/mol. The van der Waals surface area contributed by atoms with Gasteiger partial charge in [0.25, 0.3) is 5.91 Å². The monoisotopic (exact) mass is 425 g/mol. The third kappa shape index (κ3) is 5.19. The van der Waals surface area contributed by atoms with Gasteiger partial charge >= 0.3 is 12.1 Å². The Morgan fingerprint density at radius 2 is 1.87 bits per heavy atom. The van der Waals surface area contributed by atoms with Crippen molar-refractivity contribution in [3.8, 4) is 5.75 Å². The number of carbonyl (C=O) groups is 2. The van der Waals surface area contributed by atoms with Crippen LogP contribution in [0.25, 0.3) is 0 Å². The fourth-order valence-electron chi connectivity index (χ4n) is 2.87. The van der Waals surface area contributed by atoms with E-state index in [0.717, 1.165) is 15.8 Å². The highest BCUT2D eigenvalue weighted by Gasteiger charge is 2.40. The van der Waals surface area contributed by atoms with Crippen molar-refractivity contribution in [1.29, 1.82) is 0 Å². The zero-order valence-electron chi connectivity index (χ0n) is 16.8. The first-order chi connectivity index (χ1) is 14.1. The van der Waals surface area contributed by atoms with Gasteiger partial charge in [0.2, 0.25) is 0 Å². The highest BCUT2D eigenvalue weighted by atomic mass is 19.4. The zero-order chi connectivity index (χ0) is 22.5. The SMILES string of the molecule is C=NN(Cc1ccc(OC)cc1)C(=O)c1c(C(F)(F)F)cn(CC(=O)OCC)c1C. The number of aromatic nitrogens is 1. The number of nitrogens with zero attached hydrogens (tertiary/aromatic N) is 3. The molecule has 1 aromatic heterocycles. The summed E-state index contributed by atoms with van der Waals surface area (Å²) >= 11 is 0. The fraction of sp³-hybridized carbons (Fsp3) is 0.350. The second-order valence-electron chi connectivity index (χ2n) is 6.29. The predicted octanol–water partition coefficient (Wildman–Crippen LogP) is 3.65. The Labute approximate surface area is 171 Å². The maximum Gasteiger partial charge on any atom is 0.418 e. The number of rotatable bonds is 8. The summed E-state index contributed by atoms with van der Waals surface area (Å²) in [6.45, 7) is 5.77. The van der Waals surface area contributed by atoms with E-state index in [1.54, 1.807) is 31.2 Å². The van der Waals surface area contributed by atoms with Gasteiger partial charge in [-0.05, 0) is 31.5 Å². The molecular weight excluding hydrogens is 403 g/mol. The van der Waals surface area contributed by atoms with Crippen LogP contribution >= 0.6 is 0 Å². The maximum absolute atomic E-state index is 13.6. The third-order valence-electron chi connectivity index (χ3n) is 4.37. The lowest BCUT2D eigenvalue weighted by molar-refractivity contribution is -0.144. The Bertz CT molecular complexity index is 921. The molecule has 0 aliphatic carbocycles. The Morgan fingerprint density at radius 1 is 1.23 bits per heavy atom. The molecule has 0 atom stereocenters. The van der Waals surface area contributed by atoms with Crippen molar-refractivity contribution in [3.05, 3.63) is 52.8 Å². The molecular formula is C20H22F3N3O4. The van der Waals surface area contributed by atoms with Crippen molar-refractivity contribution in [2.24, 2.45) is 5.10 Å². The van der Waals surface area contributed by atoms with Gasteiger partial charge in [0.1, 0.15) is 12.3 Å². The van der Waals surface area contributed by atoms with Gasteiger partial charge in [-0.1, -0.05) is 12.1 Å². The van der Waals surface area contributed by atoms with Crippen molar-refractivity contribution in [3.63, 3.8) is 0 Å². The Kier molecular flexibility index (Phi) is 7.25. The van der Waals surface area contributed by atoms with E-state index in [2.05, 4.69) is 11.8 Å². The number of amides is 1. The highest BCUT2D eigenvalue weighted by molar-refractivity contribution is 5.97. The molecule has 0 saturated carbocycles. The molecule has 0 N–H and O–H groups in total.